The van der Waals surface area contributed by atoms with Gasteiger partial charge in [0.25, 0.3) is 0 Å². The lowest BCUT2D eigenvalue weighted by Gasteiger charge is -2.37. The summed E-state index contributed by atoms with van der Waals surface area (Å²) < 4.78 is 25.3. The van der Waals surface area contributed by atoms with Crippen molar-refractivity contribution in [1.29, 1.82) is 0 Å². The molecule has 0 radical (unpaired) electrons. The third kappa shape index (κ3) is 3.54. The number of nitrogens with zero attached hydrogens (tertiary/aromatic N) is 6. The van der Waals surface area contributed by atoms with Gasteiger partial charge in [0.15, 0.2) is 15.7 Å². The summed E-state index contributed by atoms with van der Waals surface area (Å²) in [4.78, 5) is 30.4. The molecule has 9 nitrogen and oxygen atoms in total. The van der Waals surface area contributed by atoms with Crippen LogP contribution in [0.3, 0.4) is 0 Å². The van der Waals surface area contributed by atoms with Gasteiger partial charge in [0.1, 0.15) is 11.5 Å². The minimum atomic E-state index is -3.27. The Kier molecular flexibility index (Phi) is 4.96. The van der Waals surface area contributed by atoms with E-state index in [9.17, 15) is 13.2 Å². The van der Waals surface area contributed by atoms with Gasteiger partial charge in [-0.15, -0.1) is 0 Å². The van der Waals surface area contributed by atoms with Gasteiger partial charge in [-0.2, -0.15) is 4.98 Å². The summed E-state index contributed by atoms with van der Waals surface area (Å²) in [5.74, 6) is 1.86. The minimum absolute atomic E-state index is 0.0371. The molecule has 3 heterocycles. The van der Waals surface area contributed by atoms with Crippen molar-refractivity contribution in [3.8, 4) is 17.3 Å². The van der Waals surface area contributed by atoms with E-state index >= 15 is 0 Å². The molecule has 1 saturated carbocycles. The number of aromatic nitrogens is 4. The van der Waals surface area contributed by atoms with Crippen molar-refractivity contribution < 1.29 is 13.2 Å². The zero-order valence-electron chi connectivity index (χ0n) is 18.0. The molecule has 0 atom stereocenters. The maximum atomic E-state index is 12.5. The van der Waals surface area contributed by atoms with Crippen molar-refractivity contribution >= 4 is 27.2 Å². The molecule has 5 rings (SSSR count). The molecule has 1 aliphatic heterocycles. The van der Waals surface area contributed by atoms with Gasteiger partial charge in [-0.05, 0) is 37.1 Å². The topological polar surface area (TPSA) is 101 Å². The first-order chi connectivity index (χ1) is 15.3. The van der Waals surface area contributed by atoms with Gasteiger partial charge in [-0.3, -0.25) is 9.36 Å². The average Bonchev–Trinajstić information content (AvgIpc) is 3.48. The molecule has 0 spiro atoms. The second-order valence-electron chi connectivity index (χ2n) is 8.32. The van der Waals surface area contributed by atoms with Crippen LogP contribution < -0.4 is 9.80 Å². The smallest absolute Gasteiger partial charge is 0.246 e. The molecule has 1 amide bonds. The predicted octanol–water partition coefficient (Wildman–Crippen LogP) is 2.46. The molecule has 0 unspecified atom stereocenters. The Bertz CT molecular complexity index is 1280. The van der Waals surface area contributed by atoms with E-state index in [0.29, 0.717) is 30.0 Å². The van der Waals surface area contributed by atoms with Crippen LogP contribution in [0.1, 0.15) is 25.7 Å². The third-order valence-electron chi connectivity index (χ3n) is 6.21. The monoisotopic (exact) mass is 452 g/mol. The van der Waals surface area contributed by atoms with Crippen molar-refractivity contribution in [2.24, 2.45) is 0 Å². The Morgan fingerprint density at radius 2 is 1.78 bits per heavy atom. The highest BCUT2D eigenvalue weighted by molar-refractivity contribution is 7.90. The lowest BCUT2D eigenvalue weighted by Crippen LogP contribution is -2.48. The predicted molar refractivity (Wildman–Crippen MR) is 121 cm³/mol. The molecule has 10 heteroatoms. The maximum absolute atomic E-state index is 12.5. The zero-order valence-corrected chi connectivity index (χ0v) is 18.8. The van der Waals surface area contributed by atoms with E-state index in [1.54, 1.807) is 59.4 Å². The number of hydrogen-bond acceptors (Lipinski definition) is 7. The largest absolute Gasteiger partial charge is 0.342 e. The number of rotatable bonds is 4. The van der Waals surface area contributed by atoms with Crippen molar-refractivity contribution in [3.05, 3.63) is 42.9 Å². The van der Waals surface area contributed by atoms with E-state index in [4.69, 9.17) is 4.98 Å². The van der Waals surface area contributed by atoms with E-state index in [1.807, 2.05) is 0 Å². The van der Waals surface area contributed by atoms with Gasteiger partial charge < -0.3 is 9.80 Å². The number of anilines is 2. The van der Waals surface area contributed by atoms with Gasteiger partial charge in [0.2, 0.25) is 11.9 Å². The Morgan fingerprint density at radius 3 is 2.47 bits per heavy atom. The first-order valence-electron chi connectivity index (χ1n) is 10.6. The quantitative estimate of drug-likeness (QED) is 0.599. The Hall–Kier alpha value is -3.27. The van der Waals surface area contributed by atoms with Gasteiger partial charge in [0, 0.05) is 37.3 Å². The first-order valence-corrected chi connectivity index (χ1v) is 12.5. The van der Waals surface area contributed by atoms with Crippen LogP contribution in [-0.4, -0.2) is 59.7 Å². The zero-order chi connectivity index (χ0) is 22.5. The van der Waals surface area contributed by atoms with E-state index in [-0.39, 0.29) is 10.8 Å². The lowest BCUT2D eigenvalue weighted by molar-refractivity contribution is -0.117. The van der Waals surface area contributed by atoms with Crippen molar-refractivity contribution in [1.82, 2.24) is 19.5 Å². The van der Waals surface area contributed by atoms with E-state index in [0.717, 1.165) is 37.1 Å². The molecule has 1 fully saturated rings. The van der Waals surface area contributed by atoms with Crippen LogP contribution in [0.5, 0.6) is 0 Å². The number of amides is 1. The molecule has 2 aliphatic rings. The molecule has 32 heavy (non-hydrogen) atoms. The Balaban J connectivity index is 1.56. The fourth-order valence-corrected chi connectivity index (χ4v) is 5.06. The van der Waals surface area contributed by atoms with E-state index in [1.165, 1.54) is 6.26 Å². The summed E-state index contributed by atoms with van der Waals surface area (Å²) in [6, 6.07) is 6.90. The van der Waals surface area contributed by atoms with Gasteiger partial charge >= 0.3 is 0 Å². The van der Waals surface area contributed by atoms with Crippen molar-refractivity contribution in [2.75, 3.05) is 29.6 Å². The summed E-state index contributed by atoms with van der Waals surface area (Å²) in [7, 11) is -1.52. The van der Waals surface area contributed by atoms with Crippen LogP contribution in [0.2, 0.25) is 0 Å². The number of hydrogen-bond donors (Lipinski definition) is 0. The number of sulfone groups is 1. The highest BCUT2D eigenvalue weighted by Crippen LogP contribution is 2.36. The molecule has 1 aromatic carbocycles. The molecule has 0 N–H and O–H groups in total. The van der Waals surface area contributed by atoms with E-state index < -0.39 is 9.84 Å². The molecule has 3 aromatic rings. The number of imidazole rings is 1. The highest BCUT2D eigenvalue weighted by Gasteiger charge is 2.34. The van der Waals surface area contributed by atoms with Crippen LogP contribution in [0.15, 0.2) is 47.8 Å². The number of benzene rings is 1. The summed E-state index contributed by atoms with van der Waals surface area (Å²) in [5, 5.41) is 0. The molecule has 1 aliphatic carbocycles. The fourth-order valence-electron chi connectivity index (χ4n) is 4.43. The normalized spacial score (nSPS) is 17.1. The summed E-state index contributed by atoms with van der Waals surface area (Å²) >= 11 is 0. The number of fused-ring (bicyclic) bond motifs is 1. The van der Waals surface area contributed by atoms with Crippen LogP contribution >= 0.6 is 0 Å². The molecule has 0 saturated heterocycles. The molecular weight excluding hydrogens is 428 g/mol. The number of likely N-dealkylation sites (N-methyl/N-ethyl adjacent to an activating group) is 1. The molecule has 166 valence electrons. The second kappa shape index (κ2) is 7.70. The Labute approximate surface area is 186 Å². The fraction of sp³-hybridized carbons (Fsp3) is 0.364. The number of carbonyl (C=O) groups excluding carboxylic acids is 1. The van der Waals surface area contributed by atoms with Gasteiger partial charge in [-0.1, -0.05) is 12.8 Å². The highest BCUT2D eigenvalue weighted by atomic mass is 32.2. The van der Waals surface area contributed by atoms with Crippen LogP contribution in [0, 0.1) is 0 Å². The number of carbonyl (C=O) groups is 1. The van der Waals surface area contributed by atoms with Crippen LogP contribution in [0.4, 0.5) is 11.5 Å². The SMILES string of the molecule is CN1C(=O)CN(C2CCCC2)c2nc(-n3ccnc3-c3ccc(S(C)(=O)=O)cc3)ncc21. The second-order valence-corrected chi connectivity index (χ2v) is 10.3. The summed E-state index contributed by atoms with van der Waals surface area (Å²) in [6.45, 7) is 0.314. The van der Waals surface area contributed by atoms with Crippen molar-refractivity contribution in [2.45, 2.75) is 36.6 Å². The minimum Gasteiger partial charge on any atom is -0.342 e. The summed E-state index contributed by atoms with van der Waals surface area (Å²) in [6.07, 6.45) is 10.7. The first kappa shape index (κ1) is 20.6. The van der Waals surface area contributed by atoms with E-state index in [2.05, 4.69) is 14.9 Å². The van der Waals surface area contributed by atoms with Gasteiger partial charge in [0.05, 0.1) is 17.6 Å². The summed E-state index contributed by atoms with van der Waals surface area (Å²) in [5.41, 5.74) is 1.46. The third-order valence-corrected chi connectivity index (χ3v) is 7.34. The van der Waals surface area contributed by atoms with Crippen LogP contribution in [0.25, 0.3) is 17.3 Å². The Morgan fingerprint density at radius 1 is 1.06 bits per heavy atom. The van der Waals surface area contributed by atoms with Crippen LogP contribution in [-0.2, 0) is 14.6 Å². The maximum Gasteiger partial charge on any atom is 0.246 e. The molecule has 0 bridgehead atoms. The average molecular weight is 453 g/mol. The van der Waals surface area contributed by atoms with Crippen molar-refractivity contribution in [3.63, 3.8) is 0 Å². The molecule has 2 aromatic heterocycles. The molecular formula is C22H24N6O3S. The van der Waals surface area contributed by atoms with Gasteiger partial charge in [-0.25, -0.2) is 18.4 Å². The lowest BCUT2D eigenvalue weighted by atomic mass is 10.1. The standard InChI is InChI=1S/C22H24N6O3S/c1-26-18-13-24-22(25-21(18)28(14-19(26)29)16-5-3-4-6-16)27-12-11-23-20(27)15-7-9-17(10-8-15)32(2,30)31/h7-13,16H,3-6,14H2,1-2H3.